The second kappa shape index (κ2) is 2.09. The quantitative estimate of drug-likeness (QED) is 0.493. The van der Waals surface area contributed by atoms with Crippen molar-refractivity contribution in [2.24, 2.45) is 5.92 Å². The van der Waals surface area contributed by atoms with Crippen molar-refractivity contribution in [3.05, 3.63) is 11.8 Å². The van der Waals surface area contributed by atoms with E-state index in [0.29, 0.717) is 12.2 Å². The fourth-order valence-corrected chi connectivity index (χ4v) is 1.50. The second-order valence-electron chi connectivity index (χ2n) is 2.72. The summed E-state index contributed by atoms with van der Waals surface area (Å²) >= 11 is 0. The first-order valence-corrected chi connectivity index (χ1v) is 3.59. The van der Waals surface area contributed by atoms with Crippen LogP contribution in [-0.2, 0) is 4.79 Å². The van der Waals surface area contributed by atoms with Gasteiger partial charge in [-0.25, -0.2) is 5.43 Å². The third-order valence-corrected chi connectivity index (χ3v) is 2.08. The van der Waals surface area contributed by atoms with Crippen LogP contribution in [0.3, 0.4) is 0 Å². The molecule has 3 nitrogen and oxygen atoms in total. The molecule has 0 bridgehead atoms. The Bertz CT molecular complexity index is 198. The van der Waals surface area contributed by atoms with E-state index >= 15 is 0 Å². The van der Waals surface area contributed by atoms with Gasteiger partial charge in [-0.05, 0) is 6.42 Å². The monoisotopic (exact) mass is 138 g/mol. The minimum absolute atomic E-state index is 0.182. The summed E-state index contributed by atoms with van der Waals surface area (Å²) in [4.78, 5) is 11.1. The van der Waals surface area contributed by atoms with Gasteiger partial charge >= 0.3 is 0 Å². The number of allylic oxidation sites excluding steroid dienone is 2. The molecule has 0 saturated carbocycles. The fourth-order valence-electron chi connectivity index (χ4n) is 1.50. The number of ketones is 1. The van der Waals surface area contributed by atoms with Crippen LogP contribution in [0, 0.1) is 5.92 Å². The number of hydrogen-bond acceptors (Lipinski definition) is 3. The normalized spacial score (nSPS) is 31.0. The minimum atomic E-state index is 0.182. The van der Waals surface area contributed by atoms with Crippen molar-refractivity contribution in [2.75, 3.05) is 6.54 Å². The Morgan fingerprint density at radius 3 is 3.30 bits per heavy atom. The van der Waals surface area contributed by atoms with Gasteiger partial charge in [-0.2, -0.15) is 0 Å². The summed E-state index contributed by atoms with van der Waals surface area (Å²) in [5.41, 5.74) is 7.09. The van der Waals surface area contributed by atoms with E-state index in [9.17, 15) is 4.79 Å². The number of Topliss-reactive ketones (excluding diaryl/α,β-unsaturated/α-hetero) is 1. The largest absolute Gasteiger partial charge is 0.325 e. The molecular weight excluding hydrogens is 128 g/mol. The molecule has 2 rings (SSSR count). The van der Waals surface area contributed by atoms with Gasteiger partial charge in [0.25, 0.3) is 0 Å². The average Bonchev–Trinajstić information content (AvgIpc) is 2.34. The molecule has 10 heavy (non-hydrogen) atoms. The molecule has 0 aromatic heterocycles. The van der Waals surface area contributed by atoms with Gasteiger partial charge in [0, 0.05) is 18.7 Å². The number of nitrogens with one attached hydrogen (secondary N) is 2. The molecule has 0 aromatic carbocycles. The van der Waals surface area contributed by atoms with Gasteiger partial charge in [0.05, 0.1) is 5.92 Å². The predicted molar refractivity (Wildman–Crippen MR) is 37.0 cm³/mol. The Morgan fingerprint density at radius 1 is 1.60 bits per heavy atom. The van der Waals surface area contributed by atoms with Crippen molar-refractivity contribution < 1.29 is 4.79 Å². The van der Waals surface area contributed by atoms with Crippen molar-refractivity contribution in [1.82, 2.24) is 10.9 Å². The van der Waals surface area contributed by atoms with E-state index < -0.39 is 0 Å². The van der Waals surface area contributed by atoms with E-state index in [4.69, 9.17) is 0 Å². The molecule has 1 saturated heterocycles. The topological polar surface area (TPSA) is 41.1 Å². The van der Waals surface area contributed by atoms with Crippen LogP contribution in [0.5, 0.6) is 0 Å². The van der Waals surface area contributed by atoms with Crippen LogP contribution in [0.15, 0.2) is 11.8 Å². The van der Waals surface area contributed by atoms with Gasteiger partial charge in [-0.3, -0.25) is 4.79 Å². The molecule has 1 heterocycles. The highest BCUT2D eigenvalue weighted by atomic mass is 16.1. The maximum absolute atomic E-state index is 11.1. The molecule has 0 radical (unpaired) electrons. The Labute approximate surface area is 59.5 Å². The summed E-state index contributed by atoms with van der Waals surface area (Å²) in [5, 5.41) is 0. The van der Waals surface area contributed by atoms with Crippen molar-refractivity contribution >= 4 is 5.78 Å². The van der Waals surface area contributed by atoms with Crippen molar-refractivity contribution in [3.63, 3.8) is 0 Å². The number of fused-ring (bicyclic) bond motifs is 1. The zero-order valence-electron chi connectivity index (χ0n) is 5.68. The molecule has 0 spiro atoms. The zero-order chi connectivity index (χ0) is 6.97. The van der Waals surface area contributed by atoms with Gasteiger partial charge in [0.1, 0.15) is 5.78 Å². The standard InChI is InChI=1S/C7H10N2O/c10-7-2-1-6-5(7)3-4-8-9-6/h1,5,8-9H,2-4H2. The Balaban J connectivity index is 2.18. The number of hydrogen-bond donors (Lipinski definition) is 2. The summed E-state index contributed by atoms with van der Waals surface area (Å²) in [6.07, 6.45) is 3.55. The summed E-state index contributed by atoms with van der Waals surface area (Å²) < 4.78 is 0. The lowest BCUT2D eigenvalue weighted by atomic mass is 10.0. The van der Waals surface area contributed by atoms with Crippen LogP contribution in [0.4, 0.5) is 0 Å². The highest BCUT2D eigenvalue weighted by Gasteiger charge is 2.29. The van der Waals surface area contributed by atoms with Crippen LogP contribution in [0.2, 0.25) is 0 Å². The molecule has 1 unspecified atom stereocenters. The zero-order valence-corrected chi connectivity index (χ0v) is 5.68. The molecule has 1 aliphatic carbocycles. The maximum Gasteiger partial charge on any atom is 0.145 e. The molecule has 54 valence electrons. The van der Waals surface area contributed by atoms with E-state index in [0.717, 1.165) is 18.7 Å². The molecule has 2 N–H and O–H groups in total. The van der Waals surface area contributed by atoms with Gasteiger partial charge < -0.3 is 5.43 Å². The van der Waals surface area contributed by atoms with Crippen LogP contribution in [-0.4, -0.2) is 12.3 Å². The van der Waals surface area contributed by atoms with E-state index in [1.807, 2.05) is 6.08 Å². The maximum atomic E-state index is 11.1. The predicted octanol–water partition coefficient (Wildman–Crippen LogP) is -0.0428. The molecule has 1 fully saturated rings. The third-order valence-electron chi connectivity index (χ3n) is 2.08. The first-order valence-electron chi connectivity index (χ1n) is 3.59. The summed E-state index contributed by atoms with van der Waals surface area (Å²) in [5.74, 6) is 0.547. The lowest BCUT2D eigenvalue weighted by Crippen LogP contribution is -2.41. The van der Waals surface area contributed by atoms with E-state index in [1.165, 1.54) is 0 Å². The summed E-state index contributed by atoms with van der Waals surface area (Å²) in [6, 6.07) is 0. The van der Waals surface area contributed by atoms with Crippen LogP contribution in [0.1, 0.15) is 12.8 Å². The number of carbonyl (C=O) groups excluding carboxylic acids is 1. The molecule has 3 heteroatoms. The fraction of sp³-hybridized carbons (Fsp3) is 0.571. The molecule has 0 amide bonds. The van der Waals surface area contributed by atoms with Gasteiger partial charge in [-0.15, -0.1) is 0 Å². The van der Waals surface area contributed by atoms with E-state index in [-0.39, 0.29) is 5.92 Å². The third kappa shape index (κ3) is 0.743. The first-order chi connectivity index (χ1) is 4.88. The highest BCUT2D eigenvalue weighted by molar-refractivity contribution is 5.88. The number of hydrazine groups is 1. The smallest absolute Gasteiger partial charge is 0.145 e. The lowest BCUT2D eigenvalue weighted by Gasteiger charge is -2.21. The first kappa shape index (κ1) is 5.92. The van der Waals surface area contributed by atoms with Crippen molar-refractivity contribution in [2.45, 2.75) is 12.8 Å². The number of rotatable bonds is 0. The second-order valence-corrected chi connectivity index (χ2v) is 2.72. The molecule has 2 aliphatic rings. The van der Waals surface area contributed by atoms with Crippen LogP contribution in [0.25, 0.3) is 0 Å². The van der Waals surface area contributed by atoms with Gasteiger partial charge in [0.2, 0.25) is 0 Å². The Hall–Kier alpha value is -0.830. The molecular formula is C7H10N2O. The lowest BCUT2D eigenvalue weighted by molar-refractivity contribution is -0.120. The SMILES string of the molecule is O=C1CC=C2NNCCC12. The van der Waals surface area contributed by atoms with Crippen molar-refractivity contribution in [3.8, 4) is 0 Å². The van der Waals surface area contributed by atoms with E-state index in [2.05, 4.69) is 10.9 Å². The highest BCUT2D eigenvalue weighted by Crippen LogP contribution is 2.24. The van der Waals surface area contributed by atoms with Crippen molar-refractivity contribution in [1.29, 1.82) is 0 Å². The molecule has 1 atom stereocenters. The van der Waals surface area contributed by atoms with Gasteiger partial charge in [-0.1, -0.05) is 6.08 Å². The van der Waals surface area contributed by atoms with Crippen LogP contribution < -0.4 is 10.9 Å². The van der Waals surface area contributed by atoms with Gasteiger partial charge in [0.15, 0.2) is 0 Å². The summed E-state index contributed by atoms with van der Waals surface area (Å²) in [6.45, 7) is 0.897. The average molecular weight is 138 g/mol. The Morgan fingerprint density at radius 2 is 2.50 bits per heavy atom. The Kier molecular flexibility index (Phi) is 1.24. The summed E-state index contributed by atoms with van der Waals surface area (Å²) in [7, 11) is 0. The molecule has 1 aliphatic heterocycles. The number of carbonyl (C=O) groups is 1. The molecule has 0 aromatic rings. The minimum Gasteiger partial charge on any atom is -0.325 e. The van der Waals surface area contributed by atoms with Crippen LogP contribution >= 0.6 is 0 Å². The van der Waals surface area contributed by atoms with E-state index in [1.54, 1.807) is 0 Å².